The average molecular weight is 248 g/mol. The zero-order valence-electron chi connectivity index (χ0n) is 11.6. The molecule has 0 bridgehead atoms. The van der Waals surface area contributed by atoms with Crippen LogP contribution in [-0.2, 0) is 0 Å². The fourth-order valence-electron chi connectivity index (χ4n) is 2.68. The number of hydrogen-bond donors (Lipinski definition) is 1. The van der Waals surface area contributed by atoms with E-state index in [9.17, 15) is 5.11 Å². The molecule has 18 heavy (non-hydrogen) atoms. The average Bonchev–Trinajstić information content (AvgIpc) is 2.29. The molecule has 1 aromatic carbocycles. The normalized spacial score (nSPS) is 24.9. The van der Waals surface area contributed by atoms with E-state index in [1.807, 2.05) is 18.2 Å². The number of para-hydroxylation sites is 1. The highest BCUT2D eigenvalue weighted by atomic mass is 16.5. The Morgan fingerprint density at radius 3 is 2.44 bits per heavy atom. The second-order valence-corrected chi connectivity index (χ2v) is 6.21. The van der Waals surface area contributed by atoms with Gasteiger partial charge in [-0.25, -0.2) is 0 Å². The quantitative estimate of drug-likeness (QED) is 0.860. The van der Waals surface area contributed by atoms with E-state index in [4.69, 9.17) is 4.74 Å². The molecule has 0 aliphatic heterocycles. The Hall–Kier alpha value is -1.02. The minimum absolute atomic E-state index is 0.199. The minimum Gasteiger partial charge on any atom is -0.488 e. The molecule has 1 fully saturated rings. The number of hydrogen-bond acceptors (Lipinski definition) is 2. The summed E-state index contributed by atoms with van der Waals surface area (Å²) in [5.41, 5.74) is 0.968. The predicted molar refractivity (Wildman–Crippen MR) is 74.0 cm³/mol. The summed E-state index contributed by atoms with van der Waals surface area (Å²) in [4.78, 5) is 0. The fraction of sp³-hybridized carbons (Fsp3) is 0.625. The van der Waals surface area contributed by atoms with E-state index in [-0.39, 0.29) is 17.6 Å². The highest BCUT2D eigenvalue weighted by Gasteiger charge is 2.27. The number of ether oxygens (including phenoxy) is 1. The number of benzene rings is 1. The van der Waals surface area contributed by atoms with Gasteiger partial charge in [0.2, 0.25) is 0 Å². The maximum absolute atomic E-state index is 10.2. The van der Waals surface area contributed by atoms with E-state index in [1.54, 1.807) is 0 Å². The van der Waals surface area contributed by atoms with Crippen LogP contribution >= 0.6 is 0 Å². The molecule has 0 heterocycles. The molecular formula is C16H24O2. The van der Waals surface area contributed by atoms with Crippen molar-refractivity contribution in [3.8, 4) is 5.75 Å². The van der Waals surface area contributed by atoms with Crippen LogP contribution in [0.4, 0.5) is 0 Å². The van der Waals surface area contributed by atoms with Crippen LogP contribution in [0.1, 0.15) is 57.9 Å². The maximum atomic E-state index is 10.2. The third-order valence-electron chi connectivity index (χ3n) is 3.46. The van der Waals surface area contributed by atoms with Gasteiger partial charge in [-0.05, 0) is 45.2 Å². The first kappa shape index (κ1) is 13.4. The van der Waals surface area contributed by atoms with Crippen molar-refractivity contribution in [3.05, 3.63) is 29.8 Å². The van der Waals surface area contributed by atoms with Crippen LogP contribution in [0.5, 0.6) is 5.75 Å². The van der Waals surface area contributed by atoms with Crippen LogP contribution in [-0.4, -0.2) is 16.8 Å². The summed E-state index contributed by atoms with van der Waals surface area (Å²) in [6.45, 7) is 6.17. The summed E-state index contributed by atoms with van der Waals surface area (Å²) in [6, 6.07) is 8.15. The minimum atomic E-state index is -0.219. The molecule has 1 N–H and O–H groups in total. The van der Waals surface area contributed by atoms with Gasteiger partial charge >= 0.3 is 0 Å². The summed E-state index contributed by atoms with van der Waals surface area (Å²) >= 11 is 0. The van der Waals surface area contributed by atoms with Crippen molar-refractivity contribution in [2.24, 2.45) is 0 Å². The Morgan fingerprint density at radius 2 is 1.78 bits per heavy atom. The summed E-state index contributed by atoms with van der Waals surface area (Å²) < 4.78 is 6.02. The molecule has 1 aliphatic rings. The molecular weight excluding hydrogens is 224 g/mol. The molecule has 2 heteroatoms. The first-order chi connectivity index (χ1) is 8.47. The van der Waals surface area contributed by atoms with Gasteiger partial charge in [0.25, 0.3) is 0 Å². The van der Waals surface area contributed by atoms with Crippen LogP contribution in [0, 0.1) is 0 Å². The smallest absolute Gasteiger partial charge is 0.123 e. The van der Waals surface area contributed by atoms with Gasteiger partial charge in [-0.1, -0.05) is 31.0 Å². The Balaban J connectivity index is 2.26. The number of rotatable bonds is 2. The molecule has 2 rings (SSSR count). The third kappa shape index (κ3) is 3.26. The van der Waals surface area contributed by atoms with Gasteiger partial charge in [0.1, 0.15) is 11.4 Å². The van der Waals surface area contributed by atoms with Gasteiger partial charge in [0.05, 0.1) is 6.10 Å². The molecule has 1 aliphatic carbocycles. The number of aliphatic hydroxyl groups excluding tert-OH is 1. The monoisotopic (exact) mass is 248 g/mol. The highest BCUT2D eigenvalue weighted by molar-refractivity contribution is 5.37. The van der Waals surface area contributed by atoms with Crippen molar-refractivity contribution >= 4 is 0 Å². The first-order valence-electron chi connectivity index (χ1n) is 6.93. The second kappa shape index (κ2) is 5.31. The van der Waals surface area contributed by atoms with E-state index in [0.29, 0.717) is 0 Å². The van der Waals surface area contributed by atoms with Gasteiger partial charge < -0.3 is 9.84 Å². The Morgan fingerprint density at radius 1 is 1.11 bits per heavy atom. The van der Waals surface area contributed by atoms with Crippen molar-refractivity contribution in [1.29, 1.82) is 0 Å². The Kier molecular flexibility index (Phi) is 3.96. The summed E-state index contributed by atoms with van der Waals surface area (Å²) in [5, 5.41) is 10.2. The molecule has 2 atom stereocenters. The molecule has 0 saturated heterocycles. The summed E-state index contributed by atoms with van der Waals surface area (Å²) in [5.74, 6) is 1.16. The number of aliphatic hydroxyl groups is 1. The SMILES string of the molecule is CC(C)(C)Oc1ccccc1[C@@H]1CCCC[C@H]1O. The third-order valence-corrected chi connectivity index (χ3v) is 3.46. The lowest BCUT2D eigenvalue weighted by Gasteiger charge is -2.31. The fourth-order valence-corrected chi connectivity index (χ4v) is 2.68. The maximum Gasteiger partial charge on any atom is 0.123 e. The molecule has 2 nitrogen and oxygen atoms in total. The first-order valence-corrected chi connectivity index (χ1v) is 6.93. The van der Waals surface area contributed by atoms with Gasteiger partial charge in [-0.15, -0.1) is 0 Å². The molecule has 0 aromatic heterocycles. The molecule has 0 amide bonds. The Labute approximate surface area is 110 Å². The van der Waals surface area contributed by atoms with E-state index in [1.165, 1.54) is 12.0 Å². The topological polar surface area (TPSA) is 29.5 Å². The zero-order valence-corrected chi connectivity index (χ0v) is 11.6. The van der Waals surface area contributed by atoms with Crippen LogP contribution in [0.3, 0.4) is 0 Å². The molecule has 0 radical (unpaired) electrons. The van der Waals surface area contributed by atoms with E-state index >= 15 is 0 Å². The van der Waals surface area contributed by atoms with Gasteiger partial charge in [0.15, 0.2) is 0 Å². The molecule has 100 valence electrons. The van der Waals surface area contributed by atoms with E-state index in [2.05, 4.69) is 26.8 Å². The van der Waals surface area contributed by atoms with Crippen LogP contribution in [0.2, 0.25) is 0 Å². The lowest BCUT2D eigenvalue weighted by atomic mass is 9.81. The summed E-state index contributed by atoms with van der Waals surface area (Å²) in [6.07, 6.45) is 4.09. The van der Waals surface area contributed by atoms with Crippen LogP contribution in [0.15, 0.2) is 24.3 Å². The van der Waals surface area contributed by atoms with Crippen molar-refractivity contribution in [3.63, 3.8) is 0 Å². The van der Waals surface area contributed by atoms with Crippen molar-refractivity contribution in [2.45, 2.75) is 64.1 Å². The Bertz CT molecular complexity index is 392. The molecule has 1 saturated carbocycles. The predicted octanol–water partition coefficient (Wildman–Crippen LogP) is 3.88. The molecule has 0 spiro atoms. The van der Waals surface area contributed by atoms with Crippen molar-refractivity contribution < 1.29 is 9.84 Å². The summed E-state index contributed by atoms with van der Waals surface area (Å²) in [7, 11) is 0. The van der Waals surface area contributed by atoms with Crippen molar-refractivity contribution in [2.75, 3.05) is 0 Å². The van der Waals surface area contributed by atoms with E-state index in [0.717, 1.165) is 25.0 Å². The van der Waals surface area contributed by atoms with Crippen LogP contribution < -0.4 is 4.74 Å². The van der Waals surface area contributed by atoms with E-state index < -0.39 is 0 Å². The zero-order chi connectivity index (χ0) is 13.2. The standard InChI is InChI=1S/C16H24O2/c1-16(2,3)18-15-11-7-5-9-13(15)12-8-4-6-10-14(12)17/h5,7,9,11-12,14,17H,4,6,8,10H2,1-3H3/t12-,14+/m0/s1. The molecule has 1 aromatic rings. The lowest BCUT2D eigenvalue weighted by Crippen LogP contribution is -2.27. The van der Waals surface area contributed by atoms with Gasteiger partial charge in [0, 0.05) is 5.92 Å². The largest absolute Gasteiger partial charge is 0.488 e. The molecule has 0 unspecified atom stereocenters. The van der Waals surface area contributed by atoms with Crippen molar-refractivity contribution in [1.82, 2.24) is 0 Å². The van der Waals surface area contributed by atoms with Gasteiger partial charge in [-0.3, -0.25) is 0 Å². The highest BCUT2D eigenvalue weighted by Crippen LogP contribution is 2.38. The lowest BCUT2D eigenvalue weighted by molar-refractivity contribution is 0.0964. The van der Waals surface area contributed by atoms with Gasteiger partial charge in [-0.2, -0.15) is 0 Å². The second-order valence-electron chi connectivity index (χ2n) is 6.21. The van der Waals surface area contributed by atoms with Crippen LogP contribution in [0.25, 0.3) is 0 Å².